The van der Waals surface area contributed by atoms with E-state index in [0.717, 1.165) is 19.7 Å². The first kappa shape index (κ1) is 17.7. The van der Waals surface area contributed by atoms with E-state index in [1.165, 1.54) is 0 Å². The number of sulfonamides is 1. The first-order chi connectivity index (χ1) is 10.9. The van der Waals surface area contributed by atoms with Crippen molar-refractivity contribution in [1.82, 2.24) is 5.32 Å². The molecule has 7 heteroatoms. The molecule has 0 aliphatic heterocycles. The predicted octanol–water partition coefficient (Wildman–Crippen LogP) is 2.37. The second kappa shape index (κ2) is 7.78. The zero-order chi connectivity index (χ0) is 16.9. The van der Waals surface area contributed by atoms with Crippen molar-refractivity contribution in [2.24, 2.45) is 0 Å². The van der Waals surface area contributed by atoms with Crippen molar-refractivity contribution in [3.8, 4) is 0 Å². The zero-order valence-corrected chi connectivity index (χ0v) is 15.5. The van der Waals surface area contributed by atoms with Crippen molar-refractivity contribution < 1.29 is 13.2 Å². The minimum Gasteiger partial charge on any atom is -0.350 e. The Kier molecular flexibility index (Phi) is 6.00. The van der Waals surface area contributed by atoms with E-state index in [0.29, 0.717) is 12.2 Å². The van der Waals surface area contributed by atoms with Gasteiger partial charge in [0, 0.05) is 10.1 Å². The summed E-state index contributed by atoms with van der Waals surface area (Å²) in [5.41, 5.74) is 1.43. The highest BCUT2D eigenvalue weighted by atomic mass is 127. The number of hydrogen-bond acceptors (Lipinski definition) is 3. The largest absolute Gasteiger partial charge is 0.350 e. The third-order valence-electron chi connectivity index (χ3n) is 3.13. The number of benzene rings is 2. The molecule has 0 fully saturated rings. The summed E-state index contributed by atoms with van der Waals surface area (Å²) in [5.74, 6) is -0.349. The minimum absolute atomic E-state index is 0.244. The number of carbonyl (C=O) groups excluding carboxylic acids is 1. The topological polar surface area (TPSA) is 66.5 Å². The van der Waals surface area contributed by atoms with Crippen LogP contribution in [0.25, 0.3) is 0 Å². The first-order valence-corrected chi connectivity index (χ1v) is 9.83. The second-order valence-corrected chi connectivity index (χ2v) is 8.16. The van der Waals surface area contributed by atoms with Crippen LogP contribution in [0.1, 0.15) is 5.56 Å². The summed E-state index contributed by atoms with van der Waals surface area (Å²) < 4.78 is 26.0. The molecule has 0 unspecified atom stereocenters. The molecule has 23 heavy (non-hydrogen) atoms. The van der Waals surface area contributed by atoms with E-state index in [-0.39, 0.29) is 12.5 Å². The van der Waals surface area contributed by atoms with Gasteiger partial charge in [0.1, 0.15) is 6.54 Å². The fourth-order valence-electron chi connectivity index (χ4n) is 1.99. The molecule has 0 spiro atoms. The van der Waals surface area contributed by atoms with Crippen molar-refractivity contribution in [3.05, 3.63) is 63.7 Å². The van der Waals surface area contributed by atoms with Crippen LogP contribution in [0.5, 0.6) is 0 Å². The van der Waals surface area contributed by atoms with Gasteiger partial charge in [-0.15, -0.1) is 0 Å². The Balaban J connectivity index is 2.06. The quantitative estimate of drug-likeness (QED) is 0.696. The third-order valence-corrected chi connectivity index (χ3v) is 4.99. The highest BCUT2D eigenvalue weighted by molar-refractivity contribution is 14.1. The number of carbonyl (C=O) groups is 1. The van der Waals surface area contributed by atoms with Gasteiger partial charge < -0.3 is 5.32 Å². The van der Waals surface area contributed by atoms with Crippen molar-refractivity contribution in [1.29, 1.82) is 0 Å². The molecule has 0 aromatic heterocycles. The Bertz CT molecular complexity index is 762. The number of anilines is 1. The summed E-state index contributed by atoms with van der Waals surface area (Å²) in [6, 6.07) is 16.4. The maximum atomic E-state index is 12.1. The van der Waals surface area contributed by atoms with E-state index >= 15 is 0 Å². The van der Waals surface area contributed by atoms with Gasteiger partial charge in [-0.2, -0.15) is 0 Å². The van der Waals surface area contributed by atoms with Gasteiger partial charge in [-0.1, -0.05) is 30.3 Å². The van der Waals surface area contributed by atoms with Crippen LogP contribution in [-0.2, 0) is 21.4 Å². The molecule has 0 radical (unpaired) electrons. The molecular weight excluding hydrogens is 427 g/mol. The smallest absolute Gasteiger partial charge is 0.241 e. The first-order valence-electron chi connectivity index (χ1n) is 6.90. The van der Waals surface area contributed by atoms with Crippen LogP contribution >= 0.6 is 22.6 Å². The lowest BCUT2D eigenvalue weighted by atomic mass is 10.2. The average molecular weight is 444 g/mol. The van der Waals surface area contributed by atoms with Crippen molar-refractivity contribution in [2.75, 3.05) is 17.1 Å². The van der Waals surface area contributed by atoms with Gasteiger partial charge >= 0.3 is 0 Å². The van der Waals surface area contributed by atoms with Gasteiger partial charge in [-0.25, -0.2) is 8.42 Å². The van der Waals surface area contributed by atoms with Crippen molar-refractivity contribution >= 4 is 44.2 Å². The molecule has 1 amide bonds. The number of amides is 1. The number of rotatable bonds is 6. The standard InChI is InChI=1S/C16H17IN2O3S/c1-23(21,22)19(15-9-7-14(17)8-10-15)12-16(20)18-11-13-5-3-2-4-6-13/h2-10H,11-12H2,1H3,(H,18,20). The summed E-state index contributed by atoms with van der Waals surface area (Å²) in [6.45, 7) is 0.121. The summed E-state index contributed by atoms with van der Waals surface area (Å²) in [6.07, 6.45) is 1.09. The monoisotopic (exact) mass is 444 g/mol. The highest BCUT2D eigenvalue weighted by Gasteiger charge is 2.20. The molecule has 0 aliphatic carbocycles. The van der Waals surface area contributed by atoms with E-state index in [9.17, 15) is 13.2 Å². The van der Waals surface area contributed by atoms with Crippen LogP contribution in [0, 0.1) is 3.57 Å². The fraction of sp³-hybridized carbons (Fsp3) is 0.188. The lowest BCUT2D eigenvalue weighted by Gasteiger charge is -2.22. The molecule has 0 saturated heterocycles. The summed E-state index contributed by atoms with van der Waals surface area (Å²) in [4.78, 5) is 12.1. The van der Waals surface area contributed by atoms with E-state index in [1.54, 1.807) is 24.3 Å². The molecule has 0 aliphatic rings. The van der Waals surface area contributed by atoms with Crippen molar-refractivity contribution in [2.45, 2.75) is 6.54 Å². The SMILES string of the molecule is CS(=O)(=O)N(CC(=O)NCc1ccccc1)c1ccc(I)cc1. The lowest BCUT2D eigenvalue weighted by Crippen LogP contribution is -2.40. The van der Waals surface area contributed by atoms with Gasteiger partial charge in [0.05, 0.1) is 11.9 Å². The zero-order valence-electron chi connectivity index (χ0n) is 12.6. The number of nitrogens with one attached hydrogen (secondary N) is 1. The third kappa shape index (κ3) is 5.51. The van der Waals surface area contributed by atoms with E-state index < -0.39 is 10.0 Å². The van der Waals surface area contributed by atoms with Crippen LogP contribution in [0.4, 0.5) is 5.69 Å². The number of nitrogens with zero attached hydrogens (tertiary/aromatic N) is 1. The Morgan fingerprint density at radius 2 is 1.70 bits per heavy atom. The molecule has 2 aromatic carbocycles. The molecule has 0 saturated carbocycles. The Labute approximate surface area is 149 Å². The molecule has 5 nitrogen and oxygen atoms in total. The minimum atomic E-state index is -3.54. The average Bonchev–Trinajstić information content (AvgIpc) is 2.52. The van der Waals surface area contributed by atoms with Gasteiger partial charge in [0.25, 0.3) is 0 Å². The highest BCUT2D eigenvalue weighted by Crippen LogP contribution is 2.18. The Morgan fingerprint density at radius 1 is 1.09 bits per heavy atom. The van der Waals surface area contributed by atoms with Gasteiger partial charge in [0.15, 0.2) is 0 Å². The molecule has 2 rings (SSSR count). The lowest BCUT2D eigenvalue weighted by molar-refractivity contribution is -0.119. The Morgan fingerprint density at radius 3 is 2.26 bits per heavy atom. The van der Waals surface area contributed by atoms with Crippen LogP contribution in [0.2, 0.25) is 0 Å². The van der Waals surface area contributed by atoms with Crippen LogP contribution in [0.3, 0.4) is 0 Å². The maximum Gasteiger partial charge on any atom is 0.241 e. The normalized spacial score (nSPS) is 11.0. The van der Waals surface area contributed by atoms with Gasteiger partial charge in [-0.3, -0.25) is 9.10 Å². The molecule has 0 atom stereocenters. The van der Waals surface area contributed by atoms with Crippen molar-refractivity contribution in [3.63, 3.8) is 0 Å². The van der Waals surface area contributed by atoms with E-state index in [1.807, 2.05) is 30.3 Å². The fourth-order valence-corrected chi connectivity index (χ4v) is 3.21. The number of hydrogen-bond donors (Lipinski definition) is 1. The van der Waals surface area contributed by atoms with Crippen LogP contribution in [-0.4, -0.2) is 27.1 Å². The molecule has 0 heterocycles. The molecule has 2 aromatic rings. The summed E-state index contributed by atoms with van der Waals surface area (Å²) >= 11 is 2.14. The maximum absolute atomic E-state index is 12.1. The predicted molar refractivity (Wildman–Crippen MR) is 99.6 cm³/mol. The number of halogens is 1. The van der Waals surface area contributed by atoms with Crippen LogP contribution < -0.4 is 9.62 Å². The van der Waals surface area contributed by atoms with Crippen LogP contribution in [0.15, 0.2) is 54.6 Å². The molecule has 1 N–H and O–H groups in total. The molecular formula is C16H17IN2O3S. The van der Waals surface area contributed by atoms with E-state index in [4.69, 9.17) is 0 Å². The molecule has 0 bridgehead atoms. The molecule has 122 valence electrons. The Hall–Kier alpha value is -1.61. The summed E-state index contributed by atoms with van der Waals surface area (Å²) in [7, 11) is -3.54. The van der Waals surface area contributed by atoms with E-state index in [2.05, 4.69) is 27.9 Å². The second-order valence-electron chi connectivity index (χ2n) is 5.01. The van der Waals surface area contributed by atoms with Gasteiger partial charge in [0.2, 0.25) is 15.9 Å². The van der Waals surface area contributed by atoms with Gasteiger partial charge in [-0.05, 0) is 52.4 Å². The summed E-state index contributed by atoms with van der Waals surface area (Å²) in [5, 5.41) is 2.74.